The van der Waals surface area contributed by atoms with E-state index in [-0.39, 0.29) is 0 Å². The van der Waals surface area contributed by atoms with Crippen molar-refractivity contribution in [3.63, 3.8) is 0 Å². The molecular formula is C14H22N2OS. The molecule has 1 aromatic rings. The van der Waals surface area contributed by atoms with Gasteiger partial charge < -0.3 is 10.6 Å². The Kier molecular flexibility index (Phi) is 4.78. The third kappa shape index (κ3) is 3.82. The Morgan fingerprint density at radius 3 is 2.50 bits per heavy atom. The summed E-state index contributed by atoms with van der Waals surface area (Å²) in [6.07, 6.45) is 1.15. The first-order chi connectivity index (χ1) is 8.65. The van der Waals surface area contributed by atoms with Crippen molar-refractivity contribution in [3.8, 4) is 0 Å². The summed E-state index contributed by atoms with van der Waals surface area (Å²) in [6, 6.07) is 8.17. The molecule has 0 spiro atoms. The van der Waals surface area contributed by atoms with Gasteiger partial charge in [0.2, 0.25) is 0 Å². The molecule has 1 unspecified atom stereocenters. The molecule has 0 bridgehead atoms. The lowest BCUT2D eigenvalue weighted by molar-refractivity contribution is 0.288. The van der Waals surface area contributed by atoms with E-state index < -0.39 is 10.8 Å². The highest BCUT2D eigenvalue weighted by molar-refractivity contribution is 7.85. The van der Waals surface area contributed by atoms with Crippen molar-refractivity contribution in [2.75, 3.05) is 36.9 Å². The van der Waals surface area contributed by atoms with Gasteiger partial charge in [-0.1, -0.05) is 19.1 Å². The summed E-state index contributed by atoms with van der Waals surface area (Å²) in [5, 5.41) is 0. The van der Waals surface area contributed by atoms with Crippen molar-refractivity contribution < 1.29 is 4.21 Å². The summed E-state index contributed by atoms with van der Waals surface area (Å²) in [4.78, 5) is 2.43. The van der Waals surface area contributed by atoms with Gasteiger partial charge in [-0.25, -0.2) is 0 Å². The summed E-state index contributed by atoms with van der Waals surface area (Å²) in [7, 11) is -0.569. The van der Waals surface area contributed by atoms with Crippen LogP contribution < -0.4 is 5.73 Å². The summed E-state index contributed by atoms with van der Waals surface area (Å²) >= 11 is 0. The average molecular weight is 266 g/mol. The number of nitrogen functional groups attached to an aromatic ring is 1. The van der Waals surface area contributed by atoms with Crippen molar-refractivity contribution in [3.05, 3.63) is 29.8 Å². The van der Waals surface area contributed by atoms with E-state index in [0.717, 1.165) is 43.2 Å². The molecule has 1 aliphatic heterocycles. The lowest BCUT2D eigenvalue weighted by Gasteiger charge is -2.27. The van der Waals surface area contributed by atoms with Crippen molar-refractivity contribution >= 4 is 16.5 Å². The topological polar surface area (TPSA) is 46.3 Å². The van der Waals surface area contributed by atoms with Crippen LogP contribution in [-0.4, -0.2) is 40.2 Å². The van der Waals surface area contributed by atoms with Crippen LogP contribution in [-0.2, 0) is 10.8 Å². The zero-order valence-electron chi connectivity index (χ0n) is 11.0. The lowest BCUT2D eigenvalue weighted by atomic mass is 9.97. The predicted octanol–water partition coefficient (Wildman–Crippen LogP) is 1.83. The van der Waals surface area contributed by atoms with Crippen LogP contribution in [0.2, 0.25) is 0 Å². The van der Waals surface area contributed by atoms with Gasteiger partial charge in [0.05, 0.1) is 0 Å². The molecule has 18 heavy (non-hydrogen) atoms. The normalized spacial score (nSPS) is 19.8. The highest BCUT2D eigenvalue weighted by Crippen LogP contribution is 2.20. The van der Waals surface area contributed by atoms with E-state index in [1.165, 1.54) is 5.56 Å². The first-order valence-corrected chi connectivity index (χ1v) is 8.07. The second kappa shape index (κ2) is 6.34. The van der Waals surface area contributed by atoms with Gasteiger partial charge in [0.15, 0.2) is 0 Å². The van der Waals surface area contributed by atoms with E-state index >= 15 is 0 Å². The monoisotopic (exact) mass is 266 g/mol. The first-order valence-electron chi connectivity index (χ1n) is 6.58. The van der Waals surface area contributed by atoms with Crippen LogP contribution in [0.1, 0.15) is 24.8 Å². The molecule has 1 atom stereocenters. The Bertz CT molecular complexity index is 395. The van der Waals surface area contributed by atoms with Crippen LogP contribution >= 0.6 is 0 Å². The molecular weight excluding hydrogens is 244 g/mol. The molecule has 3 nitrogen and oxygen atoms in total. The molecule has 1 fully saturated rings. The van der Waals surface area contributed by atoms with E-state index in [4.69, 9.17) is 5.73 Å². The minimum absolute atomic E-state index is 0.554. The quantitative estimate of drug-likeness (QED) is 0.846. The van der Waals surface area contributed by atoms with Gasteiger partial charge in [-0.2, -0.15) is 0 Å². The van der Waals surface area contributed by atoms with Crippen molar-refractivity contribution in [1.29, 1.82) is 0 Å². The Morgan fingerprint density at radius 1 is 1.28 bits per heavy atom. The van der Waals surface area contributed by atoms with Crippen LogP contribution in [0.15, 0.2) is 24.3 Å². The maximum atomic E-state index is 11.3. The fourth-order valence-electron chi connectivity index (χ4n) is 2.27. The molecule has 1 aliphatic rings. The minimum Gasteiger partial charge on any atom is -0.399 e. The lowest BCUT2D eigenvalue weighted by Crippen LogP contribution is -2.38. The van der Waals surface area contributed by atoms with Gasteiger partial charge in [-0.15, -0.1) is 0 Å². The van der Waals surface area contributed by atoms with Gasteiger partial charge in [-0.05, 0) is 36.6 Å². The SMILES string of the molecule is CC(CCN1CCS(=O)CC1)c1ccc(N)cc1. The van der Waals surface area contributed by atoms with Gasteiger partial charge in [0.1, 0.15) is 0 Å². The minimum atomic E-state index is -0.569. The van der Waals surface area contributed by atoms with Gasteiger partial charge >= 0.3 is 0 Å². The third-order valence-electron chi connectivity index (χ3n) is 3.65. The van der Waals surface area contributed by atoms with E-state index in [1.54, 1.807) is 0 Å². The molecule has 1 saturated heterocycles. The van der Waals surface area contributed by atoms with Crippen LogP contribution in [0.5, 0.6) is 0 Å². The molecule has 0 aliphatic carbocycles. The highest BCUT2D eigenvalue weighted by Gasteiger charge is 2.15. The van der Waals surface area contributed by atoms with E-state index in [0.29, 0.717) is 5.92 Å². The standard InChI is InChI=1S/C14H22N2OS/c1-12(13-2-4-14(15)5-3-13)6-7-16-8-10-18(17)11-9-16/h2-5,12H,6-11,15H2,1H3. The Balaban J connectivity index is 1.79. The number of nitrogens with zero attached hydrogens (tertiary/aromatic N) is 1. The molecule has 0 radical (unpaired) electrons. The van der Waals surface area contributed by atoms with Gasteiger partial charge in [-0.3, -0.25) is 4.21 Å². The van der Waals surface area contributed by atoms with Crippen molar-refractivity contribution in [2.24, 2.45) is 0 Å². The van der Waals surface area contributed by atoms with Crippen molar-refractivity contribution in [1.82, 2.24) is 4.90 Å². The summed E-state index contributed by atoms with van der Waals surface area (Å²) in [5.74, 6) is 2.24. The maximum absolute atomic E-state index is 11.3. The smallest absolute Gasteiger partial charge is 0.0363 e. The van der Waals surface area contributed by atoms with Gasteiger partial charge in [0, 0.05) is 41.1 Å². The molecule has 0 saturated carbocycles. The zero-order valence-corrected chi connectivity index (χ0v) is 11.8. The maximum Gasteiger partial charge on any atom is 0.0363 e. The number of benzene rings is 1. The molecule has 100 valence electrons. The number of hydrogen-bond donors (Lipinski definition) is 1. The van der Waals surface area contributed by atoms with Crippen LogP contribution in [0.25, 0.3) is 0 Å². The predicted molar refractivity (Wildman–Crippen MR) is 78.2 cm³/mol. The summed E-state index contributed by atoms with van der Waals surface area (Å²) < 4.78 is 11.3. The number of nitrogens with two attached hydrogens (primary N) is 1. The zero-order chi connectivity index (χ0) is 13.0. The largest absolute Gasteiger partial charge is 0.399 e. The number of rotatable bonds is 4. The van der Waals surface area contributed by atoms with Gasteiger partial charge in [0.25, 0.3) is 0 Å². The average Bonchev–Trinajstić information content (AvgIpc) is 2.38. The summed E-state index contributed by atoms with van der Waals surface area (Å²) in [6.45, 7) is 5.33. The molecule has 0 amide bonds. The van der Waals surface area contributed by atoms with E-state index in [9.17, 15) is 4.21 Å². The molecule has 4 heteroatoms. The third-order valence-corrected chi connectivity index (χ3v) is 4.93. The van der Waals surface area contributed by atoms with Crippen molar-refractivity contribution in [2.45, 2.75) is 19.3 Å². The number of anilines is 1. The molecule has 2 rings (SSSR count). The molecule has 1 aromatic carbocycles. The molecule has 1 heterocycles. The summed E-state index contributed by atoms with van der Waals surface area (Å²) in [5.41, 5.74) is 7.87. The van der Waals surface area contributed by atoms with Crippen LogP contribution in [0, 0.1) is 0 Å². The van der Waals surface area contributed by atoms with E-state index in [2.05, 4.69) is 24.0 Å². The fraction of sp³-hybridized carbons (Fsp3) is 0.571. The van der Waals surface area contributed by atoms with Crippen LogP contribution in [0.3, 0.4) is 0 Å². The number of hydrogen-bond acceptors (Lipinski definition) is 3. The molecule has 2 N–H and O–H groups in total. The fourth-order valence-corrected chi connectivity index (χ4v) is 3.39. The first kappa shape index (κ1) is 13.6. The Hall–Kier alpha value is -0.870. The van der Waals surface area contributed by atoms with E-state index in [1.807, 2.05) is 12.1 Å². The second-order valence-electron chi connectivity index (χ2n) is 5.05. The molecule has 0 aromatic heterocycles. The Morgan fingerprint density at radius 2 is 1.89 bits per heavy atom. The highest BCUT2D eigenvalue weighted by atomic mass is 32.2. The second-order valence-corrected chi connectivity index (χ2v) is 6.74. The Labute approximate surface area is 112 Å². The van der Waals surface area contributed by atoms with Crippen LogP contribution in [0.4, 0.5) is 5.69 Å².